The molecule has 0 saturated heterocycles. The lowest BCUT2D eigenvalue weighted by molar-refractivity contribution is 1.02. The summed E-state index contributed by atoms with van der Waals surface area (Å²) in [6.07, 6.45) is 1.57. The molecule has 0 fully saturated rings. The van der Waals surface area contributed by atoms with Gasteiger partial charge in [-0.15, -0.1) is 5.10 Å². The first-order chi connectivity index (χ1) is 4.22. The topological polar surface area (TPSA) is 51.8 Å². The maximum Gasteiger partial charge on any atom is 0.174 e. The van der Waals surface area contributed by atoms with Gasteiger partial charge in [-0.1, -0.05) is 11.6 Å². The monoisotopic (exact) mass is 143 g/mol. The lowest BCUT2D eigenvalue weighted by Gasteiger charge is -1.96. The van der Waals surface area contributed by atoms with Crippen LogP contribution in [-0.2, 0) is 0 Å². The molecule has 0 aromatic carbocycles. The average Bonchev–Trinajstić information content (AvgIpc) is 1.83. The second-order valence-corrected chi connectivity index (χ2v) is 2.09. The number of halogens is 1. The van der Waals surface area contributed by atoms with Crippen LogP contribution in [0.3, 0.4) is 0 Å². The molecule has 1 aromatic heterocycles. The molecule has 0 atom stereocenters. The van der Waals surface area contributed by atoms with E-state index in [0.29, 0.717) is 5.69 Å². The number of anilines is 1. The van der Waals surface area contributed by atoms with Crippen molar-refractivity contribution in [2.45, 2.75) is 6.92 Å². The smallest absolute Gasteiger partial charge is 0.174 e. The first kappa shape index (κ1) is 6.29. The van der Waals surface area contributed by atoms with E-state index in [0.717, 1.165) is 5.56 Å². The Morgan fingerprint density at radius 2 is 2.33 bits per heavy atom. The minimum absolute atomic E-state index is 0.273. The van der Waals surface area contributed by atoms with Gasteiger partial charge in [-0.2, -0.15) is 5.10 Å². The van der Waals surface area contributed by atoms with Crippen LogP contribution in [0.1, 0.15) is 5.56 Å². The van der Waals surface area contributed by atoms with Crippen LogP contribution in [0.15, 0.2) is 6.20 Å². The van der Waals surface area contributed by atoms with E-state index in [2.05, 4.69) is 10.2 Å². The van der Waals surface area contributed by atoms with E-state index in [1.807, 2.05) is 6.92 Å². The highest BCUT2D eigenvalue weighted by Crippen LogP contribution is 2.16. The van der Waals surface area contributed by atoms with Gasteiger partial charge in [0.2, 0.25) is 0 Å². The Labute approximate surface area is 57.8 Å². The second-order valence-electron chi connectivity index (χ2n) is 1.73. The molecule has 9 heavy (non-hydrogen) atoms. The van der Waals surface area contributed by atoms with Crippen molar-refractivity contribution in [2.75, 3.05) is 5.73 Å². The predicted octanol–water partition coefficient (Wildman–Crippen LogP) is 1.02. The molecule has 1 heterocycles. The molecule has 48 valence electrons. The van der Waals surface area contributed by atoms with Crippen LogP contribution in [0.4, 0.5) is 5.69 Å². The van der Waals surface area contributed by atoms with Gasteiger partial charge in [0.05, 0.1) is 11.9 Å². The molecule has 0 amide bonds. The number of aryl methyl sites for hydroxylation is 1. The molecule has 0 saturated carbocycles. The fraction of sp³-hybridized carbons (Fsp3) is 0.200. The maximum absolute atomic E-state index is 5.52. The fourth-order valence-electron chi connectivity index (χ4n) is 0.452. The van der Waals surface area contributed by atoms with Crippen molar-refractivity contribution in [2.24, 2.45) is 0 Å². The van der Waals surface area contributed by atoms with Crippen LogP contribution in [-0.4, -0.2) is 10.2 Å². The number of nitrogens with two attached hydrogens (primary N) is 1. The molecule has 0 aliphatic heterocycles. The van der Waals surface area contributed by atoms with Gasteiger partial charge >= 0.3 is 0 Å². The van der Waals surface area contributed by atoms with Crippen molar-refractivity contribution in [3.63, 3.8) is 0 Å². The zero-order chi connectivity index (χ0) is 6.85. The third kappa shape index (κ3) is 1.10. The standard InChI is InChI=1S/C5H6ClN3/c1-3-2-8-9-5(6)4(3)7/h2H,1H3,(H2,7,8). The van der Waals surface area contributed by atoms with Crippen LogP contribution >= 0.6 is 11.6 Å². The van der Waals surface area contributed by atoms with E-state index in [1.165, 1.54) is 0 Å². The highest BCUT2D eigenvalue weighted by molar-refractivity contribution is 6.31. The summed E-state index contributed by atoms with van der Waals surface area (Å²) < 4.78 is 0. The van der Waals surface area contributed by atoms with Crippen LogP contribution in [0, 0.1) is 6.92 Å². The quantitative estimate of drug-likeness (QED) is 0.590. The lowest BCUT2D eigenvalue weighted by atomic mass is 10.3. The van der Waals surface area contributed by atoms with Gasteiger partial charge in [-0.05, 0) is 12.5 Å². The summed E-state index contributed by atoms with van der Waals surface area (Å²) in [4.78, 5) is 0. The van der Waals surface area contributed by atoms with Gasteiger partial charge in [0.15, 0.2) is 5.15 Å². The molecule has 0 radical (unpaired) electrons. The van der Waals surface area contributed by atoms with Crippen molar-refractivity contribution in [1.29, 1.82) is 0 Å². The van der Waals surface area contributed by atoms with Crippen LogP contribution < -0.4 is 5.73 Å². The van der Waals surface area contributed by atoms with Gasteiger partial charge in [0, 0.05) is 0 Å². The summed E-state index contributed by atoms with van der Waals surface area (Å²) in [5, 5.41) is 7.39. The van der Waals surface area contributed by atoms with E-state index >= 15 is 0 Å². The van der Waals surface area contributed by atoms with E-state index in [1.54, 1.807) is 6.20 Å². The van der Waals surface area contributed by atoms with Crippen molar-refractivity contribution < 1.29 is 0 Å². The van der Waals surface area contributed by atoms with Crippen molar-refractivity contribution in [1.82, 2.24) is 10.2 Å². The van der Waals surface area contributed by atoms with E-state index in [-0.39, 0.29) is 5.15 Å². The van der Waals surface area contributed by atoms with Crippen LogP contribution in [0.5, 0.6) is 0 Å². The SMILES string of the molecule is Cc1cnnc(Cl)c1N. The third-order valence-corrected chi connectivity index (χ3v) is 1.32. The van der Waals surface area contributed by atoms with E-state index in [9.17, 15) is 0 Å². The maximum atomic E-state index is 5.52. The van der Waals surface area contributed by atoms with Crippen LogP contribution in [0.25, 0.3) is 0 Å². The highest BCUT2D eigenvalue weighted by Gasteiger charge is 1.98. The molecule has 2 N–H and O–H groups in total. The van der Waals surface area contributed by atoms with E-state index < -0.39 is 0 Å². The van der Waals surface area contributed by atoms with E-state index in [4.69, 9.17) is 17.3 Å². The Bertz CT molecular complexity index is 203. The largest absolute Gasteiger partial charge is 0.396 e. The number of nitrogens with zero attached hydrogens (tertiary/aromatic N) is 2. The summed E-state index contributed by atoms with van der Waals surface area (Å²) in [5.41, 5.74) is 6.81. The minimum atomic E-state index is 0.273. The summed E-state index contributed by atoms with van der Waals surface area (Å²) in [6.45, 7) is 1.83. The Hall–Kier alpha value is -0.830. The Morgan fingerprint density at radius 1 is 1.67 bits per heavy atom. The summed E-state index contributed by atoms with van der Waals surface area (Å²) >= 11 is 5.52. The Kier molecular flexibility index (Phi) is 1.53. The molecule has 0 aliphatic rings. The molecule has 3 nitrogen and oxygen atoms in total. The molecular weight excluding hydrogens is 138 g/mol. The molecule has 0 spiro atoms. The molecule has 4 heteroatoms. The summed E-state index contributed by atoms with van der Waals surface area (Å²) in [5.74, 6) is 0. The van der Waals surface area contributed by atoms with Crippen molar-refractivity contribution >= 4 is 17.3 Å². The number of nitrogen functional groups attached to an aromatic ring is 1. The number of hydrogen-bond acceptors (Lipinski definition) is 3. The molecule has 1 rings (SSSR count). The van der Waals surface area contributed by atoms with Gasteiger partial charge in [0.1, 0.15) is 0 Å². The number of hydrogen-bond donors (Lipinski definition) is 1. The molecule has 0 bridgehead atoms. The molecule has 1 aromatic rings. The number of aromatic nitrogens is 2. The first-order valence-corrected chi connectivity index (χ1v) is 2.83. The summed E-state index contributed by atoms with van der Waals surface area (Å²) in [7, 11) is 0. The van der Waals surface area contributed by atoms with Gasteiger partial charge in [0.25, 0.3) is 0 Å². The molecule has 0 unspecified atom stereocenters. The molecule has 0 aliphatic carbocycles. The van der Waals surface area contributed by atoms with Gasteiger partial charge < -0.3 is 5.73 Å². The predicted molar refractivity (Wildman–Crippen MR) is 36.2 cm³/mol. The van der Waals surface area contributed by atoms with Crippen LogP contribution in [0.2, 0.25) is 5.15 Å². The Balaban J connectivity index is 3.25. The lowest BCUT2D eigenvalue weighted by Crippen LogP contribution is -1.94. The van der Waals surface area contributed by atoms with Gasteiger partial charge in [-0.3, -0.25) is 0 Å². The number of rotatable bonds is 0. The summed E-state index contributed by atoms with van der Waals surface area (Å²) in [6, 6.07) is 0. The zero-order valence-electron chi connectivity index (χ0n) is 4.93. The fourth-order valence-corrected chi connectivity index (χ4v) is 0.645. The third-order valence-electron chi connectivity index (χ3n) is 1.04. The average molecular weight is 144 g/mol. The van der Waals surface area contributed by atoms with Crippen molar-refractivity contribution in [3.8, 4) is 0 Å². The van der Waals surface area contributed by atoms with Gasteiger partial charge in [-0.25, -0.2) is 0 Å². The minimum Gasteiger partial charge on any atom is -0.396 e. The normalized spacial score (nSPS) is 9.56. The highest BCUT2D eigenvalue weighted by atomic mass is 35.5. The second kappa shape index (κ2) is 2.19. The zero-order valence-corrected chi connectivity index (χ0v) is 5.68. The first-order valence-electron chi connectivity index (χ1n) is 2.45. The molecular formula is C5H6ClN3. The van der Waals surface area contributed by atoms with Crippen molar-refractivity contribution in [3.05, 3.63) is 16.9 Å². The Morgan fingerprint density at radius 3 is 2.78 bits per heavy atom.